The number of alkyl halides is 2. The molecule has 1 rings (SSSR count). The van der Waals surface area contributed by atoms with Crippen LogP contribution in [0.4, 0.5) is 8.78 Å². The highest BCUT2D eigenvalue weighted by molar-refractivity contribution is 5.32. The van der Waals surface area contributed by atoms with Crippen LogP contribution in [-0.4, -0.2) is 0 Å². The second kappa shape index (κ2) is 3.44. The van der Waals surface area contributed by atoms with Crippen molar-refractivity contribution in [3.05, 3.63) is 34.9 Å². The molecule has 0 bridgehead atoms. The van der Waals surface area contributed by atoms with Crippen LogP contribution >= 0.6 is 0 Å². The lowest BCUT2D eigenvalue weighted by molar-refractivity contribution is -0.00834. The first-order valence-electron chi connectivity index (χ1n) is 4.43. The molecule has 0 aromatic heterocycles. The second-order valence-corrected chi connectivity index (χ2v) is 3.36. The minimum absolute atomic E-state index is 0.123. The molecule has 0 fully saturated rings. The first-order chi connectivity index (χ1) is 5.97. The van der Waals surface area contributed by atoms with Crippen LogP contribution in [-0.2, 0) is 5.92 Å². The second-order valence-electron chi connectivity index (χ2n) is 3.36. The van der Waals surface area contributed by atoms with E-state index in [-0.39, 0.29) is 12.0 Å². The minimum Gasteiger partial charge on any atom is -0.201 e. The Morgan fingerprint density at radius 3 is 2.23 bits per heavy atom. The molecule has 0 aliphatic carbocycles. The van der Waals surface area contributed by atoms with Crippen molar-refractivity contribution in [1.29, 1.82) is 0 Å². The lowest BCUT2D eigenvalue weighted by Gasteiger charge is -2.15. The third-order valence-corrected chi connectivity index (χ3v) is 2.37. The Morgan fingerprint density at radius 2 is 1.77 bits per heavy atom. The Balaban J connectivity index is 3.10. The maximum atomic E-state index is 13.2. The van der Waals surface area contributed by atoms with Crippen molar-refractivity contribution < 1.29 is 8.78 Å². The van der Waals surface area contributed by atoms with Crippen LogP contribution in [0.15, 0.2) is 18.2 Å². The van der Waals surface area contributed by atoms with E-state index in [0.29, 0.717) is 0 Å². The summed E-state index contributed by atoms with van der Waals surface area (Å²) in [6.07, 6.45) is -0.143. The van der Waals surface area contributed by atoms with Crippen molar-refractivity contribution >= 4 is 0 Å². The molecule has 72 valence electrons. The number of benzene rings is 1. The van der Waals surface area contributed by atoms with Gasteiger partial charge in [0, 0.05) is 12.0 Å². The molecule has 0 amide bonds. The summed E-state index contributed by atoms with van der Waals surface area (Å²) in [6, 6.07) is 4.82. The molecule has 0 atom stereocenters. The molecule has 2 heteroatoms. The van der Waals surface area contributed by atoms with Gasteiger partial charge in [0.05, 0.1) is 0 Å². The summed E-state index contributed by atoms with van der Waals surface area (Å²) in [7, 11) is 0. The fourth-order valence-electron chi connectivity index (χ4n) is 1.17. The van der Waals surface area contributed by atoms with Gasteiger partial charge in [-0.15, -0.1) is 0 Å². The molecular formula is C11H14F2. The van der Waals surface area contributed by atoms with Gasteiger partial charge >= 0.3 is 0 Å². The monoisotopic (exact) mass is 184 g/mol. The van der Waals surface area contributed by atoms with Crippen LogP contribution in [0.25, 0.3) is 0 Å². The zero-order valence-electron chi connectivity index (χ0n) is 8.20. The molecule has 0 N–H and O–H groups in total. The predicted molar refractivity (Wildman–Crippen MR) is 50.1 cm³/mol. The van der Waals surface area contributed by atoms with Gasteiger partial charge in [-0.25, -0.2) is 8.78 Å². The van der Waals surface area contributed by atoms with Gasteiger partial charge in [-0.05, 0) is 31.0 Å². The average Bonchev–Trinajstić information content (AvgIpc) is 2.09. The Morgan fingerprint density at radius 1 is 1.15 bits per heavy atom. The first-order valence-corrected chi connectivity index (χ1v) is 4.43. The summed E-state index contributed by atoms with van der Waals surface area (Å²) >= 11 is 0. The summed E-state index contributed by atoms with van der Waals surface area (Å²) in [5, 5.41) is 0. The number of hydrogen-bond donors (Lipinski definition) is 0. The quantitative estimate of drug-likeness (QED) is 0.655. The molecule has 0 spiro atoms. The van der Waals surface area contributed by atoms with Crippen molar-refractivity contribution in [2.45, 2.75) is 33.1 Å². The van der Waals surface area contributed by atoms with Crippen molar-refractivity contribution in [2.24, 2.45) is 0 Å². The Labute approximate surface area is 77.6 Å². The highest BCUT2D eigenvalue weighted by Gasteiger charge is 2.28. The van der Waals surface area contributed by atoms with Gasteiger partial charge in [0.25, 0.3) is 5.92 Å². The van der Waals surface area contributed by atoms with Gasteiger partial charge in [0.2, 0.25) is 0 Å². The molecule has 0 unspecified atom stereocenters. The van der Waals surface area contributed by atoms with E-state index in [0.717, 1.165) is 11.1 Å². The van der Waals surface area contributed by atoms with E-state index < -0.39 is 5.92 Å². The zero-order chi connectivity index (χ0) is 10.1. The number of rotatable bonds is 2. The highest BCUT2D eigenvalue weighted by atomic mass is 19.3. The van der Waals surface area contributed by atoms with Crippen molar-refractivity contribution in [3.8, 4) is 0 Å². The fraction of sp³-hybridized carbons (Fsp3) is 0.455. The molecule has 1 aromatic carbocycles. The summed E-state index contributed by atoms with van der Waals surface area (Å²) in [5.41, 5.74) is 2.10. The van der Waals surface area contributed by atoms with Gasteiger partial charge in [0.15, 0.2) is 0 Å². The fourth-order valence-corrected chi connectivity index (χ4v) is 1.17. The maximum Gasteiger partial charge on any atom is 0.273 e. The van der Waals surface area contributed by atoms with Gasteiger partial charge in [-0.2, -0.15) is 0 Å². The van der Waals surface area contributed by atoms with Crippen LogP contribution in [0, 0.1) is 13.8 Å². The largest absolute Gasteiger partial charge is 0.273 e. The number of halogens is 2. The van der Waals surface area contributed by atoms with Crippen molar-refractivity contribution in [1.82, 2.24) is 0 Å². The predicted octanol–water partition coefficient (Wildman–Crippen LogP) is 3.81. The highest BCUT2D eigenvalue weighted by Crippen LogP contribution is 2.31. The van der Waals surface area contributed by atoms with Crippen LogP contribution in [0.1, 0.15) is 30.0 Å². The van der Waals surface area contributed by atoms with E-state index in [9.17, 15) is 8.78 Å². The Kier molecular flexibility index (Phi) is 2.69. The van der Waals surface area contributed by atoms with Crippen molar-refractivity contribution in [2.75, 3.05) is 0 Å². The van der Waals surface area contributed by atoms with Crippen LogP contribution < -0.4 is 0 Å². The maximum absolute atomic E-state index is 13.2. The minimum atomic E-state index is -2.68. The lowest BCUT2D eigenvalue weighted by atomic mass is 10.0. The van der Waals surface area contributed by atoms with Gasteiger partial charge in [-0.3, -0.25) is 0 Å². The Bertz CT molecular complexity index is 303. The molecule has 1 aromatic rings. The topological polar surface area (TPSA) is 0 Å². The smallest absolute Gasteiger partial charge is 0.201 e. The SMILES string of the molecule is CCC(F)(F)c1ccc(C)c(C)c1. The number of aryl methyl sites for hydroxylation is 2. The van der Waals surface area contributed by atoms with E-state index in [2.05, 4.69) is 0 Å². The lowest BCUT2D eigenvalue weighted by Crippen LogP contribution is -2.11. The third kappa shape index (κ3) is 2.06. The third-order valence-electron chi connectivity index (χ3n) is 2.37. The summed E-state index contributed by atoms with van der Waals surface area (Å²) < 4.78 is 26.4. The van der Waals surface area contributed by atoms with E-state index in [1.165, 1.54) is 13.0 Å². The van der Waals surface area contributed by atoms with Gasteiger partial charge in [-0.1, -0.05) is 19.1 Å². The van der Waals surface area contributed by atoms with Gasteiger partial charge in [0.1, 0.15) is 0 Å². The normalized spacial score (nSPS) is 11.8. The van der Waals surface area contributed by atoms with E-state index >= 15 is 0 Å². The van der Waals surface area contributed by atoms with E-state index in [1.807, 2.05) is 13.8 Å². The summed E-state index contributed by atoms with van der Waals surface area (Å²) in [4.78, 5) is 0. The Hall–Kier alpha value is -0.920. The van der Waals surface area contributed by atoms with Crippen LogP contribution in [0.3, 0.4) is 0 Å². The van der Waals surface area contributed by atoms with Gasteiger partial charge < -0.3 is 0 Å². The molecule has 0 saturated heterocycles. The number of hydrogen-bond acceptors (Lipinski definition) is 0. The molecule has 13 heavy (non-hydrogen) atoms. The molecule has 0 nitrogen and oxygen atoms in total. The molecule has 0 saturated carbocycles. The van der Waals surface area contributed by atoms with E-state index in [1.54, 1.807) is 12.1 Å². The summed E-state index contributed by atoms with van der Waals surface area (Å²) in [5.74, 6) is -2.68. The molecular weight excluding hydrogens is 170 g/mol. The molecule has 0 aliphatic heterocycles. The first kappa shape index (κ1) is 10.2. The van der Waals surface area contributed by atoms with Crippen LogP contribution in [0.2, 0.25) is 0 Å². The van der Waals surface area contributed by atoms with Crippen LogP contribution in [0.5, 0.6) is 0 Å². The standard InChI is InChI=1S/C11H14F2/c1-4-11(12,13)10-6-5-8(2)9(3)7-10/h5-7H,4H2,1-3H3. The molecule has 0 radical (unpaired) electrons. The average molecular weight is 184 g/mol. The van der Waals surface area contributed by atoms with E-state index in [4.69, 9.17) is 0 Å². The molecule has 0 aliphatic rings. The van der Waals surface area contributed by atoms with Crippen molar-refractivity contribution in [3.63, 3.8) is 0 Å². The summed E-state index contributed by atoms with van der Waals surface area (Å²) in [6.45, 7) is 5.27. The zero-order valence-corrected chi connectivity index (χ0v) is 8.20. The molecule has 0 heterocycles.